The van der Waals surface area contributed by atoms with Crippen molar-refractivity contribution in [3.63, 3.8) is 0 Å². The summed E-state index contributed by atoms with van der Waals surface area (Å²) < 4.78 is 16.9. The Kier molecular flexibility index (Phi) is 4.17. The SMILES string of the molecule is Cc1c(OCC2CCCO2)ccc2c(CCS)noc12. The zero-order chi connectivity index (χ0) is 13.9. The first-order chi connectivity index (χ1) is 9.79. The summed E-state index contributed by atoms with van der Waals surface area (Å²) in [4.78, 5) is 0. The van der Waals surface area contributed by atoms with Crippen LogP contribution in [0.5, 0.6) is 5.75 Å². The molecule has 0 radical (unpaired) electrons. The van der Waals surface area contributed by atoms with Crippen LogP contribution in [0.2, 0.25) is 0 Å². The molecule has 5 heteroatoms. The van der Waals surface area contributed by atoms with Gasteiger partial charge < -0.3 is 14.0 Å². The topological polar surface area (TPSA) is 44.5 Å². The van der Waals surface area contributed by atoms with Crippen LogP contribution in [-0.2, 0) is 11.2 Å². The van der Waals surface area contributed by atoms with Crippen molar-refractivity contribution in [1.29, 1.82) is 0 Å². The minimum Gasteiger partial charge on any atom is -0.490 e. The maximum Gasteiger partial charge on any atom is 0.173 e. The van der Waals surface area contributed by atoms with Gasteiger partial charge in [0.1, 0.15) is 12.4 Å². The van der Waals surface area contributed by atoms with Crippen molar-refractivity contribution in [2.75, 3.05) is 19.0 Å². The van der Waals surface area contributed by atoms with Gasteiger partial charge in [0.15, 0.2) is 5.58 Å². The van der Waals surface area contributed by atoms with Crippen molar-refractivity contribution in [2.45, 2.75) is 32.3 Å². The molecule has 1 saturated heterocycles. The Hall–Kier alpha value is -1.20. The van der Waals surface area contributed by atoms with Crippen molar-refractivity contribution in [3.8, 4) is 5.75 Å². The lowest BCUT2D eigenvalue weighted by molar-refractivity contribution is 0.0677. The maximum absolute atomic E-state index is 5.87. The van der Waals surface area contributed by atoms with Crippen LogP contribution in [0, 0.1) is 6.92 Å². The molecule has 0 spiro atoms. The standard InChI is InChI=1S/C15H19NO3S/c1-10-14(18-9-11-3-2-7-17-11)5-4-12-13(6-8-20)16-19-15(10)12/h4-5,11,20H,2-3,6-9H2,1H3. The Morgan fingerprint density at radius 3 is 3.10 bits per heavy atom. The second kappa shape index (κ2) is 6.06. The van der Waals surface area contributed by atoms with Crippen molar-refractivity contribution in [3.05, 3.63) is 23.4 Å². The zero-order valence-electron chi connectivity index (χ0n) is 11.6. The molecular formula is C15H19NO3S. The molecule has 0 N–H and O–H groups in total. The van der Waals surface area contributed by atoms with E-state index < -0.39 is 0 Å². The highest BCUT2D eigenvalue weighted by atomic mass is 32.1. The Balaban J connectivity index is 1.79. The highest BCUT2D eigenvalue weighted by Crippen LogP contribution is 2.30. The fourth-order valence-corrected chi connectivity index (χ4v) is 2.78. The third-order valence-corrected chi connectivity index (χ3v) is 3.94. The van der Waals surface area contributed by atoms with Crippen molar-refractivity contribution in [2.24, 2.45) is 0 Å². The largest absolute Gasteiger partial charge is 0.490 e. The summed E-state index contributed by atoms with van der Waals surface area (Å²) in [5.74, 6) is 1.61. The van der Waals surface area contributed by atoms with Gasteiger partial charge in [0.2, 0.25) is 0 Å². The molecule has 2 aromatic rings. The summed E-state index contributed by atoms with van der Waals surface area (Å²) in [6, 6.07) is 4.01. The fourth-order valence-electron chi connectivity index (χ4n) is 2.57. The van der Waals surface area contributed by atoms with Crippen LogP contribution in [0.15, 0.2) is 16.7 Å². The van der Waals surface area contributed by atoms with Gasteiger partial charge in [-0.2, -0.15) is 12.6 Å². The van der Waals surface area contributed by atoms with Gasteiger partial charge in [-0.3, -0.25) is 0 Å². The third-order valence-electron chi connectivity index (χ3n) is 3.71. The number of rotatable bonds is 5. The molecule has 108 valence electrons. The molecule has 0 bridgehead atoms. The number of aryl methyl sites for hydroxylation is 2. The molecule has 1 aliphatic rings. The lowest BCUT2D eigenvalue weighted by Gasteiger charge is -2.13. The molecule has 1 aliphatic heterocycles. The van der Waals surface area contributed by atoms with E-state index >= 15 is 0 Å². The molecule has 0 amide bonds. The predicted octanol–water partition coefficient (Wildman–Crippen LogP) is 3.17. The summed E-state index contributed by atoms with van der Waals surface area (Å²) in [6.07, 6.45) is 3.24. The average molecular weight is 293 g/mol. The first-order valence-corrected chi connectivity index (χ1v) is 7.66. The van der Waals surface area contributed by atoms with Gasteiger partial charge in [0.25, 0.3) is 0 Å². The van der Waals surface area contributed by atoms with Gasteiger partial charge >= 0.3 is 0 Å². The second-order valence-corrected chi connectivity index (χ2v) is 5.56. The van der Waals surface area contributed by atoms with Crippen LogP contribution in [-0.4, -0.2) is 30.2 Å². The van der Waals surface area contributed by atoms with Crippen LogP contribution >= 0.6 is 12.6 Å². The Morgan fingerprint density at radius 1 is 1.45 bits per heavy atom. The van der Waals surface area contributed by atoms with E-state index in [1.54, 1.807) is 0 Å². The molecule has 0 aliphatic carbocycles. The van der Waals surface area contributed by atoms with Crippen LogP contribution in [0.3, 0.4) is 0 Å². The molecule has 2 heterocycles. The summed E-state index contributed by atoms with van der Waals surface area (Å²) >= 11 is 4.24. The number of benzene rings is 1. The number of nitrogens with zero attached hydrogens (tertiary/aromatic N) is 1. The summed E-state index contributed by atoms with van der Waals surface area (Å²) in [5.41, 5.74) is 2.77. The summed E-state index contributed by atoms with van der Waals surface area (Å²) in [6.45, 7) is 3.45. The molecule has 4 nitrogen and oxygen atoms in total. The van der Waals surface area contributed by atoms with Crippen molar-refractivity contribution >= 4 is 23.6 Å². The number of thiol groups is 1. The van der Waals surface area contributed by atoms with E-state index in [9.17, 15) is 0 Å². The second-order valence-electron chi connectivity index (χ2n) is 5.11. The normalized spacial score (nSPS) is 18.8. The van der Waals surface area contributed by atoms with E-state index in [4.69, 9.17) is 14.0 Å². The minimum absolute atomic E-state index is 0.222. The molecule has 1 aromatic heterocycles. The number of hydrogen-bond donors (Lipinski definition) is 1. The van der Waals surface area contributed by atoms with Gasteiger partial charge in [0.05, 0.1) is 11.8 Å². The summed E-state index contributed by atoms with van der Waals surface area (Å²) in [7, 11) is 0. The third kappa shape index (κ3) is 2.65. The van der Waals surface area contributed by atoms with E-state index in [2.05, 4.69) is 17.8 Å². The van der Waals surface area contributed by atoms with Gasteiger partial charge in [-0.05, 0) is 37.7 Å². The monoisotopic (exact) mass is 293 g/mol. The lowest BCUT2D eigenvalue weighted by Crippen LogP contribution is -2.16. The molecule has 1 fully saturated rings. The van der Waals surface area contributed by atoms with Crippen LogP contribution in [0.4, 0.5) is 0 Å². The molecule has 3 rings (SSSR count). The molecule has 0 saturated carbocycles. The molecule has 1 aromatic carbocycles. The Morgan fingerprint density at radius 2 is 2.35 bits per heavy atom. The predicted molar refractivity (Wildman–Crippen MR) is 80.8 cm³/mol. The Labute approximate surface area is 123 Å². The minimum atomic E-state index is 0.222. The highest BCUT2D eigenvalue weighted by Gasteiger charge is 2.18. The van der Waals surface area contributed by atoms with Crippen molar-refractivity contribution in [1.82, 2.24) is 5.16 Å². The molecule has 20 heavy (non-hydrogen) atoms. The lowest BCUT2D eigenvalue weighted by atomic mass is 10.1. The summed E-state index contributed by atoms with van der Waals surface area (Å²) in [5, 5.41) is 5.18. The van der Waals surface area contributed by atoms with Crippen LogP contribution in [0.1, 0.15) is 24.1 Å². The van der Waals surface area contributed by atoms with Crippen molar-refractivity contribution < 1.29 is 14.0 Å². The number of fused-ring (bicyclic) bond motifs is 1. The average Bonchev–Trinajstić information content (AvgIpc) is 3.09. The van der Waals surface area contributed by atoms with Crippen LogP contribution in [0.25, 0.3) is 11.0 Å². The zero-order valence-corrected chi connectivity index (χ0v) is 12.5. The first kappa shape index (κ1) is 13.8. The number of aromatic nitrogens is 1. The van der Waals surface area contributed by atoms with Gasteiger partial charge in [0, 0.05) is 24.0 Å². The quantitative estimate of drug-likeness (QED) is 0.860. The van der Waals surface area contributed by atoms with Gasteiger partial charge in [-0.1, -0.05) is 5.16 Å². The molecule has 1 unspecified atom stereocenters. The maximum atomic E-state index is 5.87. The molecular weight excluding hydrogens is 274 g/mol. The van der Waals surface area contributed by atoms with E-state index in [1.807, 2.05) is 19.1 Å². The van der Waals surface area contributed by atoms with E-state index in [-0.39, 0.29) is 6.10 Å². The van der Waals surface area contributed by atoms with E-state index in [0.29, 0.717) is 6.61 Å². The smallest absolute Gasteiger partial charge is 0.173 e. The number of hydrogen-bond acceptors (Lipinski definition) is 5. The number of ether oxygens (including phenoxy) is 2. The first-order valence-electron chi connectivity index (χ1n) is 7.02. The van der Waals surface area contributed by atoms with Gasteiger partial charge in [-0.15, -0.1) is 0 Å². The van der Waals surface area contributed by atoms with E-state index in [0.717, 1.165) is 59.6 Å². The fraction of sp³-hybridized carbons (Fsp3) is 0.533. The highest BCUT2D eigenvalue weighted by molar-refractivity contribution is 7.80. The van der Waals surface area contributed by atoms with Gasteiger partial charge in [-0.25, -0.2) is 0 Å². The van der Waals surface area contributed by atoms with Crippen LogP contribution < -0.4 is 4.74 Å². The molecule has 1 atom stereocenters. The Bertz CT molecular complexity index is 590. The van der Waals surface area contributed by atoms with E-state index in [1.165, 1.54) is 0 Å².